The van der Waals surface area contributed by atoms with E-state index in [1.54, 1.807) is 23.1 Å². The molecule has 4 nitrogen and oxygen atoms in total. The molecule has 138 valence electrons. The number of carbonyl (C=O) groups excluding carboxylic acids is 1. The molecule has 0 aliphatic carbocycles. The van der Waals surface area contributed by atoms with Crippen molar-refractivity contribution in [2.45, 2.75) is 20.4 Å². The predicted molar refractivity (Wildman–Crippen MR) is 103 cm³/mol. The van der Waals surface area contributed by atoms with E-state index in [4.69, 9.17) is 11.6 Å². The smallest absolute Gasteiger partial charge is 0.317 e. The molecule has 1 N–H and O–H groups in total. The number of hydrogen-bond donors (Lipinski definition) is 1. The monoisotopic (exact) mass is 375 g/mol. The van der Waals surface area contributed by atoms with Crippen LogP contribution >= 0.6 is 11.6 Å². The van der Waals surface area contributed by atoms with Gasteiger partial charge >= 0.3 is 6.03 Å². The molecule has 3 rings (SSSR count). The summed E-state index contributed by atoms with van der Waals surface area (Å²) in [5.41, 5.74) is 3.82. The fourth-order valence-corrected chi connectivity index (χ4v) is 3.81. The number of piperazine rings is 1. The van der Waals surface area contributed by atoms with Crippen LogP contribution < -0.4 is 10.2 Å². The lowest BCUT2D eigenvalue weighted by molar-refractivity contribution is 0.194. The van der Waals surface area contributed by atoms with E-state index in [9.17, 15) is 9.18 Å². The van der Waals surface area contributed by atoms with Crippen LogP contribution in [0.15, 0.2) is 36.4 Å². The summed E-state index contributed by atoms with van der Waals surface area (Å²) in [6.45, 7) is 6.92. The van der Waals surface area contributed by atoms with Crippen molar-refractivity contribution in [3.63, 3.8) is 0 Å². The molecule has 0 radical (unpaired) electrons. The van der Waals surface area contributed by atoms with E-state index >= 15 is 0 Å². The maximum atomic E-state index is 13.6. The lowest BCUT2D eigenvalue weighted by Gasteiger charge is -2.37. The van der Waals surface area contributed by atoms with Gasteiger partial charge in [-0.15, -0.1) is 0 Å². The van der Waals surface area contributed by atoms with Gasteiger partial charge in [-0.3, -0.25) is 0 Å². The van der Waals surface area contributed by atoms with Gasteiger partial charge in [-0.1, -0.05) is 35.9 Å². The molecule has 0 saturated carbocycles. The normalized spacial score (nSPS) is 14.5. The summed E-state index contributed by atoms with van der Waals surface area (Å²) in [6.07, 6.45) is 0. The summed E-state index contributed by atoms with van der Waals surface area (Å²) < 4.78 is 13.6. The minimum atomic E-state index is -0.304. The number of nitrogens with one attached hydrogen (secondary N) is 1. The van der Waals surface area contributed by atoms with Crippen molar-refractivity contribution in [3.05, 3.63) is 63.9 Å². The topological polar surface area (TPSA) is 35.6 Å². The minimum absolute atomic E-state index is 0.167. The van der Waals surface area contributed by atoms with E-state index < -0.39 is 0 Å². The molecular formula is C20H23ClFN3O. The number of anilines is 1. The largest absolute Gasteiger partial charge is 0.367 e. The van der Waals surface area contributed by atoms with Gasteiger partial charge in [0, 0.05) is 38.3 Å². The first-order valence-electron chi connectivity index (χ1n) is 8.73. The Labute approximate surface area is 158 Å². The fraction of sp³-hybridized carbons (Fsp3) is 0.350. The molecular weight excluding hydrogens is 353 g/mol. The number of hydrogen-bond acceptors (Lipinski definition) is 2. The van der Waals surface area contributed by atoms with Gasteiger partial charge in [0.15, 0.2) is 0 Å². The van der Waals surface area contributed by atoms with Crippen LogP contribution in [0.2, 0.25) is 5.02 Å². The number of amides is 2. The van der Waals surface area contributed by atoms with Crippen molar-refractivity contribution in [2.24, 2.45) is 0 Å². The highest BCUT2D eigenvalue weighted by molar-refractivity contribution is 6.33. The summed E-state index contributed by atoms with van der Waals surface area (Å²) in [5.74, 6) is -0.304. The Hall–Kier alpha value is -2.27. The number of benzene rings is 2. The molecule has 1 aliphatic heterocycles. The fourth-order valence-electron chi connectivity index (χ4n) is 3.37. The third kappa shape index (κ3) is 4.10. The average Bonchev–Trinajstić information content (AvgIpc) is 2.60. The Morgan fingerprint density at radius 1 is 1.15 bits per heavy atom. The molecule has 6 heteroatoms. The first-order chi connectivity index (χ1) is 12.5. The van der Waals surface area contributed by atoms with Gasteiger partial charge in [0.05, 0.1) is 10.7 Å². The van der Waals surface area contributed by atoms with Crippen LogP contribution in [0, 0.1) is 19.7 Å². The number of halogens is 2. The minimum Gasteiger partial charge on any atom is -0.367 e. The van der Waals surface area contributed by atoms with Crippen LogP contribution in [0.4, 0.5) is 14.9 Å². The predicted octanol–water partition coefficient (Wildman–Crippen LogP) is 4.13. The van der Waals surface area contributed by atoms with Gasteiger partial charge in [-0.2, -0.15) is 0 Å². The maximum absolute atomic E-state index is 13.6. The third-order valence-electron chi connectivity index (χ3n) is 4.67. The highest BCUT2D eigenvalue weighted by Crippen LogP contribution is 2.31. The van der Waals surface area contributed by atoms with E-state index in [0.29, 0.717) is 18.7 Å². The van der Waals surface area contributed by atoms with E-state index in [0.717, 1.165) is 34.9 Å². The highest BCUT2D eigenvalue weighted by atomic mass is 35.5. The number of rotatable bonds is 3. The van der Waals surface area contributed by atoms with Gasteiger partial charge in [0.25, 0.3) is 0 Å². The van der Waals surface area contributed by atoms with Crippen LogP contribution in [0.3, 0.4) is 0 Å². The summed E-state index contributed by atoms with van der Waals surface area (Å²) >= 11 is 6.43. The number of urea groups is 1. The molecule has 0 unspecified atom stereocenters. The van der Waals surface area contributed by atoms with Crippen molar-refractivity contribution in [1.29, 1.82) is 0 Å². The number of nitrogens with zero attached hydrogens (tertiary/aromatic N) is 2. The highest BCUT2D eigenvalue weighted by Gasteiger charge is 2.23. The quantitative estimate of drug-likeness (QED) is 0.875. The Morgan fingerprint density at radius 2 is 1.85 bits per heavy atom. The lowest BCUT2D eigenvalue weighted by atomic mass is 10.1. The van der Waals surface area contributed by atoms with Crippen molar-refractivity contribution >= 4 is 23.3 Å². The van der Waals surface area contributed by atoms with Gasteiger partial charge < -0.3 is 15.1 Å². The number of aryl methyl sites for hydroxylation is 2. The van der Waals surface area contributed by atoms with Gasteiger partial charge in [0.1, 0.15) is 5.82 Å². The molecule has 1 saturated heterocycles. The van der Waals surface area contributed by atoms with E-state index in [-0.39, 0.29) is 18.4 Å². The molecule has 2 aromatic carbocycles. The molecule has 0 bridgehead atoms. The van der Waals surface area contributed by atoms with E-state index in [1.807, 2.05) is 13.0 Å². The van der Waals surface area contributed by atoms with Gasteiger partial charge in [0.2, 0.25) is 0 Å². The average molecular weight is 376 g/mol. The molecule has 26 heavy (non-hydrogen) atoms. The maximum Gasteiger partial charge on any atom is 0.317 e. The van der Waals surface area contributed by atoms with Crippen LogP contribution in [0.5, 0.6) is 0 Å². The van der Waals surface area contributed by atoms with Gasteiger partial charge in [-0.25, -0.2) is 9.18 Å². The van der Waals surface area contributed by atoms with E-state index in [2.05, 4.69) is 23.2 Å². The zero-order valence-electron chi connectivity index (χ0n) is 15.1. The molecule has 1 aliphatic rings. The first kappa shape index (κ1) is 18.5. The van der Waals surface area contributed by atoms with Crippen LogP contribution in [0.25, 0.3) is 0 Å². The van der Waals surface area contributed by atoms with Crippen molar-refractivity contribution < 1.29 is 9.18 Å². The molecule has 2 amide bonds. The van der Waals surface area contributed by atoms with Crippen molar-refractivity contribution in [3.8, 4) is 0 Å². The summed E-state index contributed by atoms with van der Waals surface area (Å²) in [5, 5.41) is 3.55. The third-order valence-corrected chi connectivity index (χ3v) is 4.96. The van der Waals surface area contributed by atoms with E-state index in [1.165, 1.54) is 6.07 Å². The molecule has 2 aromatic rings. The van der Waals surface area contributed by atoms with Crippen molar-refractivity contribution in [1.82, 2.24) is 10.2 Å². The Kier molecular flexibility index (Phi) is 5.67. The Bertz CT molecular complexity index is 780. The SMILES string of the molecule is Cc1cc(C)c(N2CCN(C(=O)NCc3ccccc3F)CC2)c(Cl)c1. The summed E-state index contributed by atoms with van der Waals surface area (Å²) in [6, 6.07) is 10.4. The Balaban J connectivity index is 1.57. The second-order valence-corrected chi connectivity index (χ2v) is 7.04. The number of carbonyl (C=O) groups is 1. The Morgan fingerprint density at radius 3 is 2.50 bits per heavy atom. The van der Waals surface area contributed by atoms with Crippen molar-refractivity contribution in [2.75, 3.05) is 31.1 Å². The molecule has 0 atom stereocenters. The molecule has 0 aromatic heterocycles. The second-order valence-electron chi connectivity index (χ2n) is 6.64. The van der Waals surface area contributed by atoms with Crippen LogP contribution in [-0.4, -0.2) is 37.1 Å². The zero-order valence-corrected chi connectivity index (χ0v) is 15.8. The summed E-state index contributed by atoms with van der Waals surface area (Å²) in [7, 11) is 0. The van der Waals surface area contributed by atoms with Crippen LogP contribution in [0.1, 0.15) is 16.7 Å². The molecule has 0 spiro atoms. The lowest BCUT2D eigenvalue weighted by Crippen LogP contribution is -2.52. The van der Waals surface area contributed by atoms with Crippen LogP contribution in [-0.2, 0) is 6.54 Å². The van der Waals surface area contributed by atoms with Gasteiger partial charge in [-0.05, 0) is 37.1 Å². The zero-order chi connectivity index (χ0) is 18.7. The summed E-state index contributed by atoms with van der Waals surface area (Å²) in [4.78, 5) is 16.3. The standard InChI is InChI=1S/C20H23ClFN3O/c1-14-11-15(2)19(17(21)12-14)24-7-9-25(10-8-24)20(26)23-13-16-5-3-4-6-18(16)22/h3-6,11-12H,7-10,13H2,1-2H3,(H,23,26). The molecule has 1 fully saturated rings. The second kappa shape index (κ2) is 7.96. The molecule has 1 heterocycles. The first-order valence-corrected chi connectivity index (χ1v) is 9.11.